The molecule has 144 valence electrons. The number of benzene rings is 2. The zero-order valence-corrected chi connectivity index (χ0v) is 17.5. The molecule has 0 bridgehead atoms. The summed E-state index contributed by atoms with van der Waals surface area (Å²) in [5.74, 6) is 0.106. The van der Waals surface area contributed by atoms with Crippen molar-refractivity contribution in [1.29, 1.82) is 0 Å². The minimum absolute atomic E-state index is 0.0138. The van der Waals surface area contributed by atoms with Gasteiger partial charge in [-0.15, -0.1) is 35.2 Å². The van der Waals surface area contributed by atoms with E-state index in [1.807, 2.05) is 43.3 Å². The van der Waals surface area contributed by atoms with Crippen LogP contribution in [-0.4, -0.2) is 16.3 Å². The van der Waals surface area contributed by atoms with Crippen LogP contribution in [0.2, 0.25) is 0 Å². The fourth-order valence-electron chi connectivity index (χ4n) is 4.99. The minimum Gasteiger partial charge on any atom is -0.852 e. The van der Waals surface area contributed by atoms with Crippen LogP contribution in [0.25, 0.3) is 0 Å². The molecule has 2 aliphatic rings. The lowest BCUT2D eigenvalue weighted by molar-refractivity contribution is -0.593. The maximum absolute atomic E-state index is 14.1. The molecular formula is C23H26O2S2-2. The molecule has 0 saturated heterocycles. The summed E-state index contributed by atoms with van der Waals surface area (Å²) < 4.78 is 0.0138. The van der Waals surface area contributed by atoms with Gasteiger partial charge in [0.2, 0.25) is 0 Å². The summed E-state index contributed by atoms with van der Waals surface area (Å²) in [6, 6.07) is 20.5. The smallest absolute Gasteiger partial charge is 0.0614 e. The van der Waals surface area contributed by atoms with E-state index in [1.165, 1.54) is 0 Å². The van der Waals surface area contributed by atoms with Gasteiger partial charge >= 0.3 is 0 Å². The Morgan fingerprint density at radius 3 is 1.89 bits per heavy atom. The largest absolute Gasteiger partial charge is 0.852 e. The van der Waals surface area contributed by atoms with Gasteiger partial charge in [-0.25, -0.2) is 0 Å². The number of hydrogen-bond acceptors (Lipinski definition) is 4. The van der Waals surface area contributed by atoms with Gasteiger partial charge in [-0.05, 0) is 54.4 Å². The van der Waals surface area contributed by atoms with Gasteiger partial charge in [-0.2, -0.15) is 0 Å². The summed E-state index contributed by atoms with van der Waals surface area (Å²) in [6.45, 7) is 4.11. The monoisotopic (exact) mass is 398 g/mol. The van der Waals surface area contributed by atoms with Crippen LogP contribution in [0.3, 0.4) is 0 Å². The van der Waals surface area contributed by atoms with Crippen molar-refractivity contribution in [2.45, 2.75) is 59.2 Å². The quantitative estimate of drug-likeness (QED) is 0.541. The molecule has 0 spiro atoms. The van der Waals surface area contributed by atoms with Gasteiger partial charge in [0.15, 0.2) is 0 Å². The molecule has 2 aliphatic carbocycles. The number of hydrogen-bond donors (Lipinski definition) is 0. The van der Waals surface area contributed by atoms with Crippen molar-refractivity contribution in [2.24, 2.45) is 17.3 Å². The van der Waals surface area contributed by atoms with Crippen LogP contribution in [0.1, 0.15) is 33.1 Å². The normalized spacial score (nSPS) is 33.5. The molecular weight excluding hydrogens is 372 g/mol. The molecule has 4 heteroatoms. The first-order chi connectivity index (χ1) is 12.9. The SMILES string of the molecule is C[C@H](C(Sc1ccccc1)Sc1ccccc1)[C@@]1([O-])[C@@H]([O-])C[C@H]2CC[C@@]21C. The standard InChI is InChI=1S/C23H26O2S2/c1-16(23(25)20(24)15-17-13-14-22(17,23)2)21(26-18-9-5-3-6-10-18)27-19-11-7-4-8-12-19/h3-12,16-17,20-21H,13-15H2,1-2H3/q-2/t16-,17-,20+,22+,23-/m1/s1. The summed E-state index contributed by atoms with van der Waals surface area (Å²) in [7, 11) is 0. The first-order valence-corrected chi connectivity index (χ1v) is 11.5. The van der Waals surface area contributed by atoms with Crippen molar-refractivity contribution in [2.75, 3.05) is 0 Å². The number of thioether (sulfide) groups is 2. The molecule has 0 heterocycles. The molecule has 0 aliphatic heterocycles. The third-order valence-electron chi connectivity index (χ3n) is 6.86. The molecule has 27 heavy (non-hydrogen) atoms. The van der Waals surface area contributed by atoms with E-state index in [-0.39, 0.29) is 15.9 Å². The van der Waals surface area contributed by atoms with Gasteiger partial charge in [0.25, 0.3) is 0 Å². The van der Waals surface area contributed by atoms with E-state index in [4.69, 9.17) is 0 Å². The molecule has 0 amide bonds. The average Bonchev–Trinajstić information content (AvgIpc) is 2.82. The highest BCUT2D eigenvalue weighted by atomic mass is 32.2. The lowest BCUT2D eigenvalue weighted by Crippen LogP contribution is -2.70. The molecule has 0 unspecified atom stereocenters. The summed E-state index contributed by atoms with van der Waals surface area (Å²) in [5.41, 5.74) is -1.74. The van der Waals surface area contributed by atoms with Crippen molar-refractivity contribution in [3.63, 3.8) is 0 Å². The fourth-order valence-corrected chi connectivity index (χ4v) is 7.82. The van der Waals surface area contributed by atoms with E-state index in [0.717, 1.165) is 22.6 Å². The van der Waals surface area contributed by atoms with Gasteiger partial charge in [0.05, 0.1) is 4.58 Å². The van der Waals surface area contributed by atoms with E-state index < -0.39 is 11.7 Å². The van der Waals surface area contributed by atoms with E-state index in [2.05, 4.69) is 31.2 Å². The van der Waals surface area contributed by atoms with Crippen LogP contribution in [0.4, 0.5) is 0 Å². The third-order valence-corrected chi connectivity index (χ3v) is 9.81. The Labute approximate surface area is 170 Å². The Kier molecular flexibility index (Phi) is 5.36. The highest BCUT2D eigenvalue weighted by Crippen LogP contribution is 2.64. The third kappa shape index (κ3) is 3.25. The summed E-state index contributed by atoms with van der Waals surface area (Å²) >= 11 is 3.46. The van der Waals surface area contributed by atoms with Crippen LogP contribution in [0.15, 0.2) is 70.5 Å². The Balaban J connectivity index is 1.65. The average molecular weight is 399 g/mol. The van der Waals surface area contributed by atoms with E-state index in [0.29, 0.717) is 12.3 Å². The summed E-state index contributed by atoms with van der Waals surface area (Å²) in [4.78, 5) is 2.30. The van der Waals surface area contributed by atoms with Gasteiger partial charge < -0.3 is 10.2 Å². The first kappa shape index (κ1) is 19.4. The molecule has 2 nitrogen and oxygen atoms in total. The Hall–Kier alpha value is -0.940. The molecule has 2 aromatic carbocycles. The van der Waals surface area contributed by atoms with Crippen LogP contribution >= 0.6 is 23.5 Å². The molecule has 2 fully saturated rings. The fraction of sp³-hybridized carbons (Fsp3) is 0.478. The maximum Gasteiger partial charge on any atom is 0.0614 e. The predicted octanol–water partition coefficient (Wildman–Crippen LogP) is 4.18. The van der Waals surface area contributed by atoms with Gasteiger partial charge in [-0.1, -0.05) is 56.7 Å². The van der Waals surface area contributed by atoms with E-state index in [9.17, 15) is 10.2 Å². The lowest BCUT2D eigenvalue weighted by atomic mass is 9.55. The Morgan fingerprint density at radius 1 is 0.963 bits per heavy atom. The zero-order chi connectivity index (χ0) is 19.1. The Bertz CT molecular complexity index is 727. The van der Waals surface area contributed by atoms with Crippen LogP contribution < -0.4 is 10.2 Å². The lowest BCUT2D eigenvalue weighted by Gasteiger charge is -2.65. The first-order valence-electron chi connectivity index (χ1n) is 9.75. The van der Waals surface area contributed by atoms with E-state index in [1.54, 1.807) is 23.5 Å². The van der Waals surface area contributed by atoms with Gasteiger partial charge in [0.1, 0.15) is 0 Å². The molecule has 0 aromatic heterocycles. The van der Waals surface area contributed by atoms with E-state index >= 15 is 0 Å². The molecule has 5 atom stereocenters. The number of fused-ring (bicyclic) bond motifs is 1. The molecule has 2 aromatic rings. The van der Waals surface area contributed by atoms with Crippen molar-refractivity contribution in [1.82, 2.24) is 0 Å². The van der Waals surface area contributed by atoms with Gasteiger partial charge in [0, 0.05) is 9.79 Å². The molecule has 4 rings (SSSR count). The summed E-state index contributed by atoms with van der Waals surface area (Å²) in [5, 5.41) is 27.1. The summed E-state index contributed by atoms with van der Waals surface area (Å²) in [6.07, 6.45) is 1.51. The van der Waals surface area contributed by atoms with Crippen LogP contribution in [-0.2, 0) is 0 Å². The molecule has 0 N–H and O–H groups in total. The minimum atomic E-state index is -1.40. The zero-order valence-electron chi connectivity index (χ0n) is 15.8. The number of rotatable bonds is 6. The van der Waals surface area contributed by atoms with Crippen molar-refractivity contribution >= 4 is 23.5 Å². The second-order valence-corrected chi connectivity index (χ2v) is 10.9. The Morgan fingerprint density at radius 2 is 1.48 bits per heavy atom. The molecule has 0 radical (unpaired) electrons. The topological polar surface area (TPSA) is 46.1 Å². The van der Waals surface area contributed by atoms with Gasteiger partial charge in [-0.3, -0.25) is 0 Å². The van der Waals surface area contributed by atoms with Crippen molar-refractivity contribution in [3.05, 3.63) is 60.7 Å². The highest BCUT2D eigenvalue weighted by molar-refractivity contribution is 8.17. The van der Waals surface area contributed by atoms with Crippen molar-refractivity contribution in [3.8, 4) is 0 Å². The van der Waals surface area contributed by atoms with Crippen LogP contribution in [0.5, 0.6) is 0 Å². The predicted molar refractivity (Wildman–Crippen MR) is 110 cm³/mol. The maximum atomic E-state index is 14.1. The van der Waals surface area contributed by atoms with Crippen LogP contribution in [0, 0.1) is 17.3 Å². The second kappa shape index (κ2) is 7.47. The molecule has 2 saturated carbocycles. The highest BCUT2D eigenvalue weighted by Gasteiger charge is 2.59. The second-order valence-electron chi connectivity index (χ2n) is 8.19. The van der Waals surface area contributed by atoms with Crippen molar-refractivity contribution < 1.29 is 10.2 Å².